The third-order valence-electron chi connectivity index (χ3n) is 6.88. The third-order valence-corrected chi connectivity index (χ3v) is 8.17. The van der Waals surface area contributed by atoms with E-state index < -0.39 is 0 Å². The molecule has 0 unspecified atom stereocenters. The molecule has 174 valence electrons. The molecule has 4 heterocycles. The van der Waals surface area contributed by atoms with Crippen molar-refractivity contribution in [3.63, 3.8) is 0 Å². The minimum absolute atomic E-state index is 0.110. The van der Waals surface area contributed by atoms with E-state index in [4.69, 9.17) is 16.6 Å². The van der Waals surface area contributed by atoms with Gasteiger partial charge in [-0.2, -0.15) is 0 Å². The van der Waals surface area contributed by atoms with Gasteiger partial charge in [0, 0.05) is 43.3 Å². The lowest BCUT2D eigenvalue weighted by molar-refractivity contribution is -0.125. The molecule has 6 nitrogen and oxygen atoms in total. The first-order valence-electron chi connectivity index (χ1n) is 11.8. The van der Waals surface area contributed by atoms with Crippen molar-refractivity contribution in [3.8, 4) is 0 Å². The predicted octanol–water partition coefficient (Wildman–Crippen LogP) is 4.59. The topological polar surface area (TPSA) is 61.4 Å². The summed E-state index contributed by atoms with van der Waals surface area (Å²) in [6, 6.07) is 12.1. The normalized spacial score (nSPS) is 18.6. The summed E-state index contributed by atoms with van der Waals surface area (Å²) < 4.78 is 0. The summed E-state index contributed by atoms with van der Waals surface area (Å²) in [4.78, 5) is 27.7. The minimum atomic E-state index is 0.110. The molecule has 2 aromatic heterocycles. The third kappa shape index (κ3) is 5.65. The number of benzene rings is 1. The predicted molar refractivity (Wildman–Crippen MR) is 135 cm³/mol. The van der Waals surface area contributed by atoms with Gasteiger partial charge in [-0.3, -0.25) is 9.69 Å². The molecule has 0 aliphatic carbocycles. The van der Waals surface area contributed by atoms with Crippen LogP contribution in [0.5, 0.6) is 0 Å². The lowest BCUT2D eigenvalue weighted by atomic mass is 9.94. The number of fused-ring (bicyclic) bond motifs is 1. The van der Waals surface area contributed by atoms with Crippen molar-refractivity contribution in [2.45, 2.75) is 32.2 Å². The average Bonchev–Trinajstić information content (AvgIpc) is 3.29. The van der Waals surface area contributed by atoms with E-state index in [1.165, 1.54) is 5.56 Å². The summed E-state index contributed by atoms with van der Waals surface area (Å²) in [6.45, 7) is 5.69. The number of pyridine rings is 1. The largest absolute Gasteiger partial charge is 0.356 e. The van der Waals surface area contributed by atoms with Crippen molar-refractivity contribution in [2.24, 2.45) is 11.8 Å². The Hall–Kier alpha value is -2.22. The van der Waals surface area contributed by atoms with Gasteiger partial charge in [-0.15, -0.1) is 0 Å². The molecule has 33 heavy (non-hydrogen) atoms. The second-order valence-corrected chi connectivity index (χ2v) is 10.6. The fourth-order valence-corrected chi connectivity index (χ4v) is 5.90. The van der Waals surface area contributed by atoms with Crippen LogP contribution in [0, 0.1) is 11.8 Å². The molecule has 1 aromatic carbocycles. The van der Waals surface area contributed by atoms with Crippen LogP contribution in [0.3, 0.4) is 0 Å². The number of likely N-dealkylation sites (tertiary alicyclic amines) is 1. The summed E-state index contributed by atoms with van der Waals surface area (Å²) in [5.74, 6) is 0.911. The van der Waals surface area contributed by atoms with Crippen molar-refractivity contribution in [2.75, 3.05) is 37.6 Å². The number of halogens is 1. The van der Waals surface area contributed by atoms with Gasteiger partial charge in [0.1, 0.15) is 10.3 Å². The Kier molecular flexibility index (Phi) is 7.09. The van der Waals surface area contributed by atoms with Gasteiger partial charge in [0.15, 0.2) is 5.13 Å². The molecule has 8 heteroatoms. The van der Waals surface area contributed by atoms with E-state index in [1.807, 2.05) is 30.5 Å². The van der Waals surface area contributed by atoms with E-state index in [0.29, 0.717) is 5.92 Å². The van der Waals surface area contributed by atoms with Crippen LogP contribution in [-0.2, 0) is 11.3 Å². The number of hydrogen-bond acceptors (Lipinski definition) is 6. The molecule has 2 fully saturated rings. The number of rotatable bonds is 6. The summed E-state index contributed by atoms with van der Waals surface area (Å²) in [5.41, 5.74) is 2.26. The van der Waals surface area contributed by atoms with E-state index in [2.05, 4.69) is 32.2 Å². The zero-order chi connectivity index (χ0) is 22.6. The standard InChI is InChI=1S/C25H30ClN5OS/c26-21-5-3-19(4-6-21)17-30-12-7-18(8-13-30)16-28-23(32)20-9-14-31(15-10-20)25-29-22-2-1-11-27-24(22)33-25/h1-6,11,18,20H,7-10,12-17H2,(H,28,32). The quantitative estimate of drug-likeness (QED) is 0.555. The number of piperidine rings is 2. The number of hydrogen-bond donors (Lipinski definition) is 1. The number of amides is 1. The number of carbonyl (C=O) groups excluding carboxylic acids is 1. The Morgan fingerprint density at radius 2 is 1.82 bits per heavy atom. The van der Waals surface area contributed by atoms with E-state index >= 15 is 0 Å². The number of aromatic nitrogens is 2. The Morgan fingerprint density at radius 1 is 1.06 bits per heavy atom. The first-order chi connectivity index (χ1) is 16.1. The van der Waals surface area contributed by atoms with Crippen molar-refractivity contribution in [3.05, 3.63) is 53.2 Å². The maximum atomic E-state index is 12.8. The molecule has 0 bridgehead atoms. The molecule has 2 aliphatic heterocycles. The number of nitrogens with one attached hydrogen (secondary N) is 1. The molecule has 1 amide bonds. The minimum Gasteiger partial charge on any atom is -0.356 e. The van der Waals surface area contributed by atoms with Crippen LogP contribution >= 0.6 is 22.9 Å². The molecule has 0 saturated carbocycles. The molecule has 0 radical (unpaired) electrons. The molecule has 0 spiro atoms. The highest BCUT2D eigenvalue weighted by Gasteiger charge is 2.27. The lowest BCUT2D eigenvalue weighted by Crippen LogP contribution is -2.43. The monoisotopic (exact) mass is 483 g/mol. The first kappa shape index (κ1) is 22.6. The number of thiazole rings is 1. The average molecular weight is 484 g/mol. The summed E-state index contributed by atoms with van der Waals surface area (Å²) in [6.07, 6.45) is 5.85. The van der Waals surface area contributed by atoms with Gasteiger partial charge in [0.2, 0.25) is 5.91 Å². The summed E-state index contributed by atoms with van der Waals surface area (Å²) in [7, 11) is 0. The van der Waals surface area contributed by atoms with Crippen LogP contribution in [0.15, 0.2) is 42.6 Å². The molecule has 3 aromatic rings. The van der Waals surface area contributed by atoms with Crippen LogP contribution in [0.2, 0.25) is 5.02 Å². The van der Waals surface area contributed by atoms with Crippen LogP contribution in [0.25, 0.3) is 10.3 Å². The second kappa shape index (κ2) is 10.4. The van der Waals surface area contributed by atoms with Gasteiger partial charge in [0.25, 0.3) is 0 Å². The number of nitrogens with zero attached hydrogens (tertiary/aromatic N) is 4. The highest BCUT2D eigenvalue weighted by atomic mass is 35.5. The molecule has 5 rings (SSSR count). The van der Waals surface area contributed by atoms with Crippen molar-refractivity contribution < 1.29 is 4.79 Å². The molecule has 0 atom stereocenters. The SMILES string of the molecule is O=C(NCC1CCN(Cc2ccc(Cl)cc2)CC1)C1CCN(c2nc3cccnc3s2)CC1. The van der Waals surface area contributed by atoms with Crippen LogP contribution in [-0.4, -0.2) is 53.5 Å². The maximum Gasteiger partial charge on any atom is 0.223 e. The zero-order valence-corrected chi connectivity index (χ0v) is 20.3. The van der Waals surface area contributed by atoms with Gasteiger partial charge in [-0.05, 0) is 74.5 Å². The van der Waals surface area contributed by atoms with Gasteiger partial charge in [-0.25, -0.2) is 9.97 Å². The molecular weight excluding hydrogens is 454 g/mol. The lowest BCUT2D eigenvalue weighted by Gasteiger charge is -2.33. The van der Waals surface area contributed by atoms with E-state index in [-0.39, 0.29) is 11.8 Å². The summed E-state index contributed by atoms with van der Waals surface area (Å²) >= 11 is 7.62. The number of anilines is 1. The second-order valence-electron chi connectivity index (χ2n) is 9.18. The van der Waals surface area contributed by atoms with Crippen LogP contribution in [0.1, 0.15) is 31.2 Å². The highest BCUT2D eigenvalue weighted by molar-refractivity contribution is 7.21. The van der Waals surface area contributed by atoms with E-state index in [9.17, 15) is 4.79 Å². The highest BCUT2D eigenvalue weighted by Crippen LogP contribution is 2.30. The Morgan fingerprint density at radius 3 is 2.55 bits per heavy atom. The van der Waals surface area contributed by atoms with Crippen LogP contribution in [0.4, 0.5) is 5.13 Å². The fraction of sp³-hybridized carbons (Fsp3) is 0.480. The van der Waals surface area contributed by atoms with Crippen molar-refractivity contribution >= 4 is 44.3 Å². The van der Waals surface area contributed by atoms with E-state index in [1.54, 1.807) is 11.3 Å². The molecule has 2 saturated heterocycles. The Labute approximate surface area is 204 Å². The van der Waals surface area contributed by atoms with E-state index in [0.717, 1.165) is 85.5 Å². The van der Waals surface area contributed by atoms with Gasteiger partial charge < -0.3 is 10.2 Å². The van der Waals surface area contributed by atoms with Gasteiger partial charge in [0.05, 0.1) is 0 Å². The maximum absolute atomic E-state index is 12.8. The zero-order valence-electron chi connectivity index (χ0n) is 18.8. The molecule has 1 N–H and O–H groups in total. The first-order valence-corrected chi connectivity index (χ1v) is 13.0. The number of carbonyl (C=O) groups is 1. The smallest absolute Gasteiger partial charge is 0.223 e. The van der Waals surface area contributed by atoms with Crippen molar-refractivity contribution in [1.82, 2.24) is 20.2 Å². The van der Waals surface area contributed by atoms with Gasteiger partial charge in [-0.1, -0.05) is 35.1 Å². The Balaban J connectivity index is 1.03. The summed E-state index contributed by atoms with van der Waals surface area (Å²) in [5, 5.41) is 5.06. The molecular formula is C25H30ClN5OS. The molecule has 2 aliphatic rings. The van der Waals surface area contributed by atoms with Crippen LogP contribution < -0.4 is 10.2 Å². The fourth-order valence-electron chi connectivity index (χ4n) is 4.81. The van der Waals surface area contributed by atoms with Gasteiger partial charge >= 0.3 is 0 Å². The Bertz CT molecular complexity index is 1040. The van der Waals surface area contributed by atoms with Crippen molar-refractivity contribution in [1.29, 1.82) is 0 Å².